The van der Waals surface area contributed by atoms with E-state index in [-0.39, 0.29) is 17.4 Å². The van der Waals surface area contributed by atoms with Crippen LogP contribution in [0.2, 0.25) is 0 Å². The lowest BCUT2D eigenvalue weighted by atomic mass is 9.87. The second-order valence-corrected chi connectivity index (χ2v) is 5.59. The van der Waals surface area contributed by atoms with Crippen molar-refractivity contribution in [1.29, 1.82) is 0 Å². The summed E-state index contributed by atoms with van der Waals surface area (Å²) < 4.78 is 5.88. The number of amides is 2. The molecule has 1 spiro atoms. The second-order valence-electron chi connectivity index (χ2n) is 5.59. The molecule has 3 N–H and O–H groups in total. The number of benzene rings is 1. The van der Waals surface area contributed by atoms with Gasteiger partial charge >= 0.3 is 0 Å². The lowest BCUT2D eigenvalue weighted by molar-refractivity contribution is 0.0877. The van der Waals surface area contributed by atoms with Crippen LogP contribution in [0.1, 0.15) is 33.6 Å². The van der Waals surface area contributed by atoms with Crippen molar-refractivity contribution in [3.05, 3.63) is 23.3 Å². The maximum atomic E-state index is 11.9. The first kappa shape index (κ1) is 11.7. The third kappa shape index (κ3) is 1.54. The lowest BCUT2D eigenvalue weighted by Gasteiger charge is -2.42. The van der Waals surface area contributed by atoms with Crippen molar-refractivity contribution in [1.82, 2.24) is 10.6 Å². The van der Waals surface area contributed by atoms with Gasteiger partial charge in [-0.3, -0.25) is 14.9 Å². The Morgan fingerprint density at radius 3 is 2.70 bits per heavy atom. The highest BCUT2D eigenvalue weighted by molar-refractivity contribution is 6.23. The highest BCUT2D eigenvalue weighted by atomic mass is 16.5. The second kappa shape index (κ2) is 3.96. The molecule has 2 amide bonds. The van der Waals surface area contributed by atoms with Gasteiger partial charge in [0.15, 0.2) is 5.75 Å². The fraction of sp³-hybridized carbons (Fsp3) is 0.429. The molecule has 6 heteroatoms. The molecule has 20 heavy (non-hydrogen) atoms. The minimum Gasteiger partial charge on any atom is -0.488 e. The van der Waals surface area contributed by atoms with Crippen LogP contribution < -0.4 is 20.7 Å². The number of hydrogen-bond acceptors (Lipinski definition) is 5. The molecule has 0 radical (unpaired) electrons. The van der Waals surface area contributed by atoms with Crippen LogP contribution >= 0.6 is 0 Å². The highest BCUT2D eigenvalue weighted by Gasteiger charge is 2.40. The molecule has 1 aromatic carbocycles. The summed E-state index contributed by atoms with van der Waals surface area (Å²) in [5.74, 6) is -0.210. The topological polar surface area (TPSA) is 79.5 Å². The van der Waals surface area contributed by atoms with Crippen molar-refractivity contribution in [2.75, 3.05) is 25.0 Å². The number of rotatable bonds is 0. The zero-order valence-electron chi connectivity index (χ0n) is 10.9. The van der Waals surface area contributed by atoms with E-state index in [1.165, 1.54) is 0 Å². The van der Waals surface area contributed by atoms with Gasteiger partial charge in [-0.25, -0.2) is 0 Å². The zero-order valence-corrected chi connectivity index (χ0v) is 10.9. The molecule has 1 saturated heterocycles. The summed E-state index contributed by atoms with van der Waals surface area (Å²) in [7, 11) is 0. The molecule has 0 aromatic heterocycles. The van der Waals surface area contributed by atoms with Crippen LogP contribution in [0, 0.1) is 0 Å². The van der Waals surface area contributed by atoms with Crippen molar-refractivity contribution in [3.8, 4) is 5.75 Å². The van der Waals surface area contributed by atoms with Gasteiger partial charge in [0.25, 0.3) is 11.8 Å². The lowest BCUT2D eigenvalue weighted by Crippen LogP contribution is -2.53. The van der Waals surface area contributed by atoms with Crippen LogP contribution in [0.4, 0.5) is 5.69 Å². The molecule has 3 aliphatic heterocycles. The van der Waals surface area contributed by atoms with Crippen LogP contribution in [0.5, 0.6) is 5.75 Å². The van der Waals surface area contributed by atoms with Crippen molar-refractivity contribution in [3.63, 3.8) is 0 Å². The number of carbonyl (C=O) groups excluding carboxylic acids is 2. The number of anilines is 1. The number of fused-ring (bicyclic) bond motifs is 3. The molecule has 3 aliphatic rings. The fourth-order valence-corrected chi connectivity index (χ4v) is 3.19. The number of piperidine rings is 1. The van der Waals surface area contributed by atoms with Crippen molar-refractivity contribution in [2.24, 2.45) is 0 Å². The molecule has 104 valence electrons. The van der Waals surface area contributed by atoms with E-state index in [2.05, 4.69) is 16.0 Å². The molecule has 0 bridgehead atoms. The first-order valence-electron chi connectivity index (χ1n) is 6.83. The number of imide groups is 1. The molecule has 1 fully saturated rings. The number of ether oxygens (including phenoxy) is 1. The summed E-state index contributed by atoms with van der Waals surface area (Å²) in [4.78, 5) is 23.5. The largest absolute Gasteiger partial charge is 0.488 e. The van der Waals surface area contributed by atoms with Crippen molar-refractivity contribution >= 4 is 17.5 Å². The van der Waals surface area contributed by atoms with Crippen LogP contribution in [0.3, 0.4) is 0 Å². The molecule has 0 saturated carbocycles. The van der Waals surface area contributed by atoms with Gasteiger partial charge in [0, 0.05) is 0 Å². The molecule has 0 unspecified atom stereocenters. The minimum atomic E-state index is -0.370. The summed E-state index contributed by atoms with van der Waals surface area (Å²) in [5, 5.41) is 9.16. The van der Waals surface area contributed by atoms with Gasteiger partial charge in [-0.15, -0.1) is 0 Å². The van der Waals surface area contributed by atoms with Gasteiger partial charge in [-0.05, 0) is 38.1 Å². The first-order valence-corrected chi connectivity index (χ1v) is 6.83. The van der Waals surface area contributed by atoms with E-state index in [0.29, 0.717) is 23.5 Å². The molecule has 1 aromatic rings. The predicted molar refractivity (Wildman–Crippen MR) is 72.2 cm³/mol. The van der Waals surface area contributed by atoms with E-state index in [9.17, 15) is 9.59 Å². The molecular formula is C14H15N3O3. The zero-order chi connectivity index (χ0) is 13.7. The van der Waals surface area contributed by atoms with Gasteiger partial charge in [-0.1, -0.05) is 0 Å². The van der Waals surface area contributed by atoms with Gasteiger partial charge in [-0.2, -0.15) is 0 Å². The maximum Gasteiger partial charge on any atom is 0.262 e. The molecule has 4 rings (SSSR count). The molecule has 3 heterocycles. The summed E-state index contributed by atoms with van der Waals surface area (Å²) in [6, 6.07) is 3.51. The Morgan fingerprint density at radius 1 is 1.10 bits per heavy atom. The number of hydrogen-bond donors (Lipinski definition) is 3. The standard InChI is InChI=1S/C14H15N3O3/c18-12-8-1-2-9-11(10(8)13(19)16-12)20-7-14(17-9)3-5-15-6-4-14/h1-2,15,17H,3-7H2,(H,16,18,19). The third-order valence-corrected chi connectivity index (χ3v) is 4.31. The van der Waals surface area contributed by atoms with E-state index in [1.54, 1.807) is 6.07 Å². The Morgan fingerprint density at radius 2 is 1.90 bits per heavy atom. The summed E-state index contributed by atoms with van der Waals surface area (Å²) in [6.45, 7) is 2.44. The monoisotopic (exact) mass is 273 g/mol. The Labute approximate surface area is 115 Å². The average Bonchev–Trinajstić information content (AvgIpc) is 2.74. The minimum absolute atomic E-state index is 0.0639. The van der Waals surface area contributed by atoms with Crippen LogP contribution in [-0.2, 0) is 0 Å². The predicted octanol–water partition coefficient (Wildman–Crippen LogP) is 0.497. The summed E-state index contributed by atoms with van der Waals surface area (Å²) >= 11 is 0. The summed E-state index contributed by atoms with van der Waals surface area (Å²) in [5.41, 5.74) is 1.51. The maximum absolute atomic E-state index is 11.9. The SMILES string of the molecule is O=C1NC(=O)c2c1ccc1c2OCC2(CCNCC2)N1. The molecule has 0 aliphatic carbocycles. The Bertz CT molecular complexity index is 620. The third-order valence-electron chi connectivity index (χ3n) is 4.31. The smallest absolute Gasteiger partial charge is 0.262 e. The first-order chi connectivity index (χ1) is 9.69. The van der Waals surface area contributed by atoms with Crippen molar-refractivity contribution in [2.45, 2.75) is 18.4 Å². The number of nitrogens with one attached hydrogen (secondary N) is 3. The van der Waals surface area contributed by atoms with E-state index in [4.69, 9.17) is 4.74 Å². The normalized spacial score (nSPS) is 22.6. The number of carbonyl (C=O) groups is 2. The molecule has 0 atom stereocenters. The van der Waals surface area contributed by atoms with Gasteiger partial charge < -0.3 is 15.4 Å². The van der Waals surface area contributed by atoms with Crippen LogP contribution in [0.25, 0.3) is 0 Å². The fourth-order valence-electron chi connectivity index (χ4n) is 3.19. The van der Waals surface area contributed by atoms with Gasteiger partial charge in [0.2, 0.25) is 0 Å². The van der Waals surface area contributed by atoms with E-state index in [1.807, 2.05) is 6.07 Å². The average molecular weight is 273 g/mol. The summed E-state index contributed by atoms with van der Waals surface area (Å²) in [6.07, 6.45) is 1.96. The van der Waals surface area contributed by atoms with E-state index in [0.717, 1.165) is 31.6 Å². The molecular weight excluding hydrogens is 258 g/mol. The van der Waals surface area contributed by atoms with Crippen LogP contribution in [0.15, 0.2) is 12.1 Å². The van der Waals surface area contributed by atoms with Crippen molar-refractivity contribution < 1.29 is 14.3 Å². The van der Waals surface area contributed by atoms with Gasteiger partial charge in [0.05, 0.1) is 22.4 Å². The molecule has 6 nitrogen and oxygen atoms in total. The quantitative estimate of drug-likeness (QED) is 0.600. The van der Waals surface area contributed by atoms with E-state index >= 15 is 0 Å². The van der Waals surface area contributed by atoms with Crippen LogP contribution in [-0.4, -0.2) is 37.0 Å². The Kier molecular flexibility index (Phi) is 2.32. The van der Waals surface area contributed by atoms with E-state index < -0.39 is 0 Å². The highest BCUT2D eigenvalue weighted by Crippen LogP contribution is 2.41. The van der Waals surface area contributed by atoms with Gasteiger partial charge in [0.1, 0.15) is 6.61 Å². The Hall–Kier alpha value is -2.08. The Balaban J connectivity index is 1.76.